The molecule has 4 heterocycles. The van der Waals surface area contributed by atoms with Crippen LogP contribution in [-0.4, -0.2) is 74.6 Å². The quantitative estimate of drug-likeness (QED) is 0.506. The Morgan fingerprint density at radius 2 is 1.97 bits per heavy atom. The first-order valence-corrected chi connectivity index (χ1v) is 12.5. The summed E-state index contributed by atoms with van der Waals surface area (Å²) in [6, 6.07) is 2.06. The lowest BCUT2D eigenvalue weighted by atomic mass is 10.2. The third-order valence-electron chi connectivity index (χ3n) is 4.91. The van der Waals surface area contributed by atoms with Crippen LogP contribution in [0.25, 0.3) is 21.6 Å². The second-order valence-corrected chi connectivity index (χ2v) is 10.1. The average molecular weight is 481 g/mol. The Balaban J connectivity index is 1.80. The summed E-state index contributed by atoms with van der Waals surface area (Å²) in [6.45, 7) is 4.39. The Kier molecular flexibility index (Phi) is 6.69. The number of aromatic nitrogens is 4. The molecule has 0 aromatic carbocycles. The number of ether oxygens (including phenoxy) is 3. The second-order valence-electron chi connectivity index (χ2n) is 6.90. The van der Waals surface area contributed by atoms with Gasteiger partial charge < -0.3 is 19.1 Å². The van der Waals surface area contributed by atoms with E-state index < -0.39 is 10.0 Å². The summed E-state index contributed by atoms with van der Waals surface area (Å²) in [5.74, 6) is 1.51. The Morgan fingerprint density at radius 3 is 2.66 bits per heavy atom. The fourth-order valence-electron chi connectivity index (χ4n) is 3.20. The molecule has 32 heavy (non-hydrogen) atoms. The molecule has 0 unspecified atom stereocenters. The van der Waals surface area contributed by atoms with Crippen molar-refractivity contribution in [1.82, 2.24) is 24.7 Å². The minimum Gasteiger partial charge on any atom is -0.480 e. The standard InChI is InChI=1S/C19H24N6O5S2/c1-4-32(26,27)21-10-12-9-14-15(31-12)17(25-5-7-30-8-6-25)23-16(22-14)13-11-20-19(29-3)24-18(13)28-2/h9,11,21H,4-8,10H2,1-3H3. The lowest BCUT2D eigenvalue weighted by molar-refractivity contribution is 0.122. The van der Waals surface area contributed by atoms with E-state index in [4.69, 9.17) is 24.2 Å². The van der Waals surface area contributed by atoms with Crippen molar-refractivity contribution < 1.29 is 22.6 Å². The summed E-state index contributed by atoms with van der Waals surface area (Å²) in [6.07, 6.45) is 1.57. The van der Waals surface area contributed by atoms with Gasteiger partial charge in [-0.05, 0) is 13.0 Å². The van der Waals surface area contributed by atoms with E-state index in [-0.39, 0.29) is 18.3 Å². The number of sulfonamides is 1. The van der Waals surface area contributed by atoms with Gasteiger partial charge in [-0.1, -0.05) is 0 Å². The molecule has 172 valence electrons. The van der Waals surface area contributed by atoms with Gasteiger partial charge in [-0.2, -0.15) is 4.98 Å². The van der Waals surface area contributed by atoms with Crippen molar-refractivity contribution in [2.45, 2.75) is 13.5 Å². The van der Waals surface area contributed by atoms with E-state index in [2.05, 4.69) is 19.6 Å². The number of hydrogen-bond acceptors (Lipinski definition) is 11. The molecule has 13 heteroatoms. The maximum absolute atomic E-state index is 11.9. The highest BCUT2D eigenvalue weighted by Crippen LogP contribution is 2.36. The van der Waals surface area contributed by atoms with Crippen molar-refractivity contribution in [2.24, 2.45) is 0 Å². The first-order valence-electron chi connectivity index (χ1n) is 10.00. The van der Waals surface area contributed by atoms with Gasteiger partial charge in [-0.15, -0.1) is 11.3 Å². The highest BCUT2D eigenvalue weighted by molar-refractivity contribution is 7.89. The molecule has 0 aliphatic carbocycles. The molecule has 0 saturated carbocycles. The second kappa shape index (κ2) is 9.48. The van der Waals surface area contributed by atoms with Crippen LogP contribution in [-0.2, 0) is 21.3 Å². The Bertz CT molecular complexity index is 1210. The zero-order chi connectivity index (χ0) is 22.7. The minimum atomic E-state index is -3.30. The minimum absolute atomic E-state index is 0.0259. The molecule has 1 fully saturated rings. The van der Waals surface area contributed by atoms with Gasteiger partial charge in [-0.3, -0.25) is 0 Å². The van der Waals surface area contributed by atoms with Crippen LogP contribution in [0.4, 0.5) is 5.82 Å². The van der Waals surface area contributed by atoms with Gasteiger partial charge in [-0.25, -0.2) is 28.1 Å². The largest absolute Gasteiger partial charge is 0.480 e. The van der Waals surface area contributed by atoms with Crippen molar-refractivity contribution in [2.75, 3.05) is 51.2 Å². The van der Waals surface area contributed by atoms with Gasteiger partial charge in [0, 0.05) is 30.7 Å². The summed E-state index contributed by atoms with van der Waals surface area (Å²) in [4.78, 5) is 20.9. The predicted octanol–water partition coefficient (Wildman–Crippen LogP) is 1.44. The van der Waals surface area contributed by atoms with Gasteiger partial charge in [0.1, 0.15) is 5.56 Å². The van der Waals surface area contributed by atoms with Crippen molar-refractivity contribution >= 4 is 37.4 Å². The van der Waals surface area contributed by atoms with Gasteiger partial charge in [0.25, 0.3) is 0 Å². The van der Waals surface area contributed by atoms with Crippen LogP contribution in [0.5, 0.6) is 11.9 Å². The van der Waals surface area contributed by atoms with Gasteiger partial charge in [0.15, 0.2) is 11.6 Å². The highest BCUT2D eigenvalue weighted by atomic mass is 32.2. The van der Waals surface area contributed by atoms with E-state index in [0.717, 1.165) is 15.4 Å². The Hall–Kier alpha value is -2.61. The van der Waals surface area contributed by atoms with E-state index in [9.17, 15) is 8.42 Å². The number of rotatable bonds is 8. The van der Waals surface area contributed by atoms with Crippen LogP contribution >= 0.6 is 11.3 Å². The molecule has 1 aliphatic rings. The smallest absolute Gasteiger partial charge is 0.319 e. The SMILES string of the molecule is CCS(=O)(=O)NCc1cc2nc(-c3cnc(OC)nc3OC)nc(N3CCOCC3)c2s1. The van der Waals surface area contributed by atoms with Gasteiger partial charge in [0.05, 0.1) is 43.4 Å². The maximum Gasteiger partial charge on any atom is 0.319 e. The lowest BCUT2D eigenvalue weighted by Gasteiger charge is -2.28. The first kappa shape index (κ1) is 22.6. The molecular weight excluding hydrogens is 456 g/mol. The molecule has 1 aliphatic heterocycles. The number of anilines is 1. The molecule has 0 amide bonds. The van der Waals surface area contributed by atoms with Crippen LogP contribution in [0, 0.1) is 0 Å². The number of fused-ring (bicyclic) bond motifs is 1. The summed E-state index contributed by atoms with van der Waals surface area (Å²) in [7, 11) is -0.315. The van der Waals surface area contributed by atoms with Crippen molar-refractivity contribution in [3.63, 3.8) is 0 Å². The molecule has 3 aromatic rings. The Morgan fingerprint density at radius 1 is 1.19 bits per heavy atom. The number of methoxy groups -OCH3 is 2. The normalized spacial score (nSPS) is 14.7. The number of thiophene rings is 1. The molecule has 0 radical (unpaired) electrons. The molecule has 11 nitrogen and oxygen atoms in total. The third kappa shape index (κ3) is 4.75. The molecule has 0 atom stereocenters. The number of morpholine rings is 1. The molecule has 1 N–H and O–H groups in total. The van der Waals surface area contributed by atoms with E-state index in [0.29, 0.717) is 49.1 Å². The average Bonchev–Trinajstić information content (AvgIpc) is 3.25. The van der Waals surface area contributed by atoms with Crippen LogP contribution < -0.4 is 19.1 Å². The highest BCUT2D eigenvalue weighted by Gasteiger charge is 2.22. The zero-order valence-corrected chi connectivity index (χ0v) is 19.6. The van der Waals surface area contributed by atoms with Crippen molar-refractivity contribution in [3.8, 4) is 23.3 Å². The lowest BCUT2D eigenvalue weighted by Crippen LogP contribution is -2.36. The topological polar surface area (TPSA) is 129 Å². The predicted molar refractivity (Wildman–Crippen MR) is 121 cm³/mol. The maximum atomic E-state index is 11.9. The Labute approximate surface area is 189 Å². The fourth-order valence-corrected chi connectivity index (χ4v) is 4.93. The fraction of sp³-hybridized carbons (Fsp3) is 0.474. The number of nitrogens with one attached hydrogen (secondary N) is 1. The first-order chi connectivity index (χ1) is 15.4. The van der Waals surface area contributed by atoms with Crippen LogP contribution in [0.1, 0.15) is 11.8 Å². The number of nitrogens with zero attached hydrogens (tertiary/aromatic N) is 5. The summed E-state index contributed by atoms with van der Waals surface area (Å²) < 4.78 is 43.2. The molecule has 1 saturated heterocycles. The van der Waals surface area contributed by atoms with E-state index in [1.807, 2.05) is 6.07 Å². The summed E-state index contributed by atoms with van der Waals surface area (Å²) in [5.41, 5.74) is 1.24. The van der Waals surface area contributed by atoms with Crippen molar-refractivity contribution in [3.05, 3.63) is 17.1 Å². The van der Waals surface area contributed by atoms with E-state index in [1.54, 1.807) is 13.1 Å². The number of hydrogen-bond donors (Lipinski definition) is 1. The molecule has 3 aromatic heterocycles. The van der Waals surface area contributed by atoms with Crippen LogP contribution in [0.2, 0.25) is 0 Å². The van der Waals surface area contributed by atoms with E-state index >= 15 is 0 Å². The van der Waals surface area contributed by atoms with Gasteiger partial charge >= 0.3 is 6.01 Å². The third-order valence-corrected chi connectivity index (χ3v) is 7.37. The van der Waals surface area contributed by atoms with Crippen molar-refractivity contribution in [1.29, 1.82) is 0 Å². The zero-order valence-electron chi connectivity index (χ0n) is 18.0. The van der Waals surface area contributed by atoms with Crippen LogP contribution in [0.3, 0.4) is 0 Å². The summed E-state index contributed by atoms with van der Waals surface area (Å²) in [5, 5.41) is 0. The van der Waals surface area contributed by atoms with Crippen LogP contribution in [0.15, 0.2) is 12.3 Å². The molecule has 0 spiro atoms. The monoisotopic (exact) mass is 480 g/mol. The molecular formula is C19H24N6O5S2. The summed E-state index contributed by atoms with van der Waals surface area (Å²) >= 11 is 1.47. The van der Waals surface area contributed by atoms with Gasteiger partial charge in [0.2, 0.25) is 15.9 Å². The molecule has 0 bridgehead atoms. The molecule has 4 rings (SSSR count). The van der Waals surface area contributed by atoms with E-state index in [1.165, 1.54) is 25.6 Å².